The van der Waals surface area contributed by atoms with E-state index in [-0.39, 0.29) is 18.6 Å². The number of methoxy groups -OCH3 is 1. The standard InChI is InChI=1S/C17H20N2O5/c1-3-23-16(21)18-15-19-17(10-24-15)8-7-12-11(9-17)5-4-6-13(12)14(20)22-2/h4-6H,3,7-10H2,1-2H3,(H,18,19,21). The van der Waals surface area contributed by atoms with Gasteiger partial charge in [-0.05, 0) is 37.0 Å². The van der Waals surface area contributed by atoms with Crippen LogP contribution in [0.25, 0.3) is 0 Å². The number of aliphatic imine (C=N–C) groups is 1. The quantitative estimate of drug-likeness (QED) is 0.835. The molecule has 7 heteroatoms. The maximum Gasteiger partial charge on any atom is 0.415 e. The zero-order chi connectivity index (χ0) is 17.2. The summed E-state index contributed by atoms with van der Waals surface area (Å²) in [6, 6.07) is 5.82. The van der Waals surface area contributed by atoms with Gasteiger partial charge in [0.25, 0.3) is 6.02 Å². The molecular weight excluding hydrogens is 312 g/mol. The number of amidine groups is 1. The summed E-state index contributed by atoms with van der Waals surface area (Å²) in [5, 5.41) is 2.51. The highest BCUT2D eigenvalue weighted by Gasteiger charge is 2.41. The maximum atomic E-state index is 11.9. The van der Waals surface area contributed by atoms with Crippen LogP contribution in [0.1, 0.15) is 34.8 Å². The normalized spacial score (nSPS) is 21.5. The van der Waals surface area contributed by atoms with E-state index in [4.69, 9.17) is 14.2 Å². The van der Waals surface area contributed by atoms with E-state index in [0.29, 0.717) is 25.0 Å². The molecule has 1 heterocycles. The number of hydrogen-bond acceptors (Lipinski definition) is 6. The number of amides is 1. The third-order valence-electron chi connectivity index (χ3n) is 4.34. The molecule has 7 nitrogen and oxygen atoms in total. The van der Waals surface area contributed by atoms with Crippen LogP contribution in [0.2, 0.25) is 0 Å². The van der Waals surface area contributed by atoms with Crippen LogP contribution < -0.4 is 5.32 Å². The predicted octanol–water partition coefficient (Wildman–Crippen LogP) is 1.83. The van der Waals surface area contributed by atoms with E-state index in [1.807, 2.05) is 12.1 Å². The zero-order valence-electron chi connectivity index (χ0n) is 13.8. The first-order valence-corrected chi connectivity index (χ1v) is 7.92. The molecule has 0 bridgehead atoms. The number of nitrogens with one attached hydrogen (secondary N) is 1. The Labute approximate surface area is 140 Å². The van der Waals surface area contributed by atoms with Crippen LogP contribution in [-0.4, -0.2) is 43.9 Å². The van der Waals surface area contributed by atoms with Crippen molar-refractivity contribution in [2.24, 2.45) is 4.99 Å². The Kier molecular flexibility index (Phi) is 4.42. The Bertz CT molecular complexity index is 700. The minimum absolute atomic E-state index is 0.195. The lowest BCUT2D eigenvalue weighted by Gasteiger charge is -2.31. The van der Waals surface area contributed by atoms with Crippen LogP contribution in [0.3, 0.4) is 0 Å². The van der Waals surface area contributed by atoms with Crippen LogP contribution in [0.4, 0.5) is 4.79 Å². The van der Waals surface area contributed by atoms with E-state index in [9.17, 15) is 9.59 Å². The van der Waals surface area contributed by atoms with Crippen molar-refractivity contribution in [3.8, 4) is 0 Å². The molecule has 1 amide bonds. The van der Waals surface area contributed by atoms with Gasteiger partial charge >= 0.3 is 12.1 Å². The average Bonchev–Trinajstić information content (AvgIpc) is 2.95. The minimum atomic E-state index is -0.572. The van der Waals surface area contributed by atoms with Crippen molar-refractivity contribution in [2.75, 3.05) is 20.3 Å². The molecule has 128 valence electrons. The third kappa shape index (κ3) is 3.06. The van der Waals surface area contributed by atoms with Crippen molar-refractivity contribution in [3.63, 3.8) is 0 Å². The van der Waals surface area contributed by atoms with Gasteiger partial charge < -0.3 is 14.2 Å². The van der Waals surface area contributed by atoms with Crippen LogP contribution in [0, 0.1) is 0 Å². The lowest BCUT2D eigenvalue weighted by atomic mass is 9.77. The zero-order valence-corrected chi connectivity index (χ0v) is 13.8. The van der Waals surface area contributed by atoms with Crippen molar-refractivity contribution < 1.29 is 23.8 Å². The molecule has 0 saturated carbocycles. The maximum absolute atomic E-state index is 11.9. The van der Waals surface area contributed by atoms with Gasteiger partial charge in [-0.3, -0.25) is 0 Å². The number of carbonyl (C=O) groups excluding carboxylic acids is 2. The summed E-state index contributed by atoms with van der Waals surface area (Å²) < 4.78 is 15.2. The summed E-state index contributed by atoms with van der Waals surface area (Å²) >= 11 is 0. The Hall–Kier alpha value is -2.57. The number of hydrogen-bond donors (Lipinski definition) is 1. The van der Waals surface area contributed by atoms with E-state index < -0.39 is 11.6 Å². The van der Waals surface area contributed by atoms with E-state index in [0.717, 1.165) is 17.5 Å². The Balaban J connectivity index is 1.79. The molecule has 2 aliphatic rings. The fourth-order valence-electron chi connectivity index (χ4n) is 3.22. The van der Waals surface area contributed by atoms with Crippen molar-refractivity contribution >= 4 is 18.1 Å². The van der Waals surface area contributed by atoms with Crippen LogP contribution >= 0.6 is 0 Å². The van der Waals surface area contributed by atoms with Gasteiger partial charge in [-0.1, -0.05) is 12.1 Å². The Morgan fingerprint density at radius 3 is 3.00 bits per heavy atom. The van der Waals surface area contributed by atoms with E-state index in [1.54, 1.807) is 13.0 Å². The van der Waals surface area contributed by atoms with Gasteiger partial charge in [-0.2, -0.15) is 0 Å². The van der Waals surface area contributed by atoms with Gasteiger partial charge in [0.05, 0.1) is 19.3 Å². The average molecular weight is 332 g/mol. The summed E-state index contributed by atoms with van der Waals surface area (Å²) in [6.07, 6.45) is 1.53. The van der Waals surface area contributed by atoms with Gasteiger partial charge in [-0.25, -0.2) is 19.9 Å². The highest BCUT2D eigenvalue weighted by Crippen LogP contribution is 2.36. The lowest BCUT2D eigenvalue weighted by Crippen LogP contribution is -2.36. The fraction of sp³-hybridized carbons (Fsp3) is 0.471. The van der Waals surface area contributed by atoms with Crippen molar-refractivity contribution in [1.29, 1.82) is 0 Å². The molecule has 0 radical (unpaired) electrons. The molecule has 1 aliphatic heterocycles. The van der Waals surface area contributed by atoms with E-state index >= 15 is 0 Å². The predicted molar refractivity (Wildman–Crippen MR) is 86.1 cm³/mol. The van der Waals surface area contributed by atoms with Crippen LogP contribution in [0.15, 0.2) is 23.2 Å². The molecule has 1 N–H and O–H groups in total. The number of benzene rings is 1. The number of alkyl carbamates (subject to hydrolysis) is 1. The van der Waals surface area contributed by atoms with E-state index in [2.05, 4.69) is 10.3 Å². The van der Waals surface area contributed by atoms with Crippen LogP contribution in [0.5, 0.6) is 0 Å². The first kappa shape index (κ1) is 16.3. The molecule has 1 aliphatic carbocycles. The van der Waals surface area contributed by atoms with Crippen molar-refractivity contribution in [1.82, 2.24) is 5.32 Å². The summed E-state index contributed by atoms with van der Waals surface area (Å²) in [5.41, 5.74) is 2.28. The van der Waals surface area contributed by atoms with Gasteiger partial charge in [0.2, 0.25) is 0 Å². The monoisotopic (exact) mass is 332 g/mol. The number of fused-ring (bicyclic) bond motifs is 1. The molecule has 1 aromatic carbocycles. The fourth-order valence-corrected chi connectivity index (χ4v) is 3.22. The summed E-state index contributed by atoms with van der Waals surface area (Å²) in [5.74, 6) is -0.321. The number of rotatable bonds is 2. The first-order valence-electron chi connectivity index (χ1n) is 7.92. The number of ether oxygens (including phenoxy) is 3. The number of nitrogens with zero attached hydrogens (tertiary/aromatic N) is 1. The van der Waals surface area contributed by atoms with Crippen molar-refractivity contribution in [2.45, 2.75) is 31.7 Å². The molecule has 0 aromatic heterocycles. The second-order valence-corrected chi connectivity index (χ2v) is 5.89. The third-order valence-corrected chi connectivity index (χ3v) is 4.34. The molecular formula is C17H20N2O5. The van der Waals surface area contributed by atoms with Gasteiger partial charge in [0.15, 0.2) is 0 Å². The molecule has 0 saturated heterocycles. The minimum Gasteiger partial charge on any atom is -0.465 e. The molecule has 24 heavy (non-hydrogen) atoms. The summed E-state index contributed by atoms with van der Waals surface area (Å²) in [7, 11) is 1.38. The smallest absolute Gasteiger partial charge is 0.415 e. The highest BCUT2D eigenvalue weighted by molar-refractivity contribution is 5.92. The SMILES string of the molecule is CCOC(=O)NC1=NC2(CCc3c(cccc3C(=O)OC)C2)CO1. The van der Waals surface area contributed by atoms with Crippen molar-refractivity contribution in [3.05, 3.63) is 34.9 Å². The van der Waals surface area contributed by atoms with Crippen LogP contribution in [-0.2, 0) is 27.1 Å². The molecule has 1 atom stereocenters. The number of carbonyl (C=O) groups is 2. The second-order valence-electron chi connectivity index (χ2n) is 5.89. The van der Waals surface area contributed by atoms with Gasteiger partial charge in [-0.15, -0.1) is 0 Å². The highest BCUT2D eigenvalue weighted by atomic mass is 16.6. The Morgan fingerprint density at radius 1 is 1.42 bits per heavy atom. The Morgan fingerprint density at radius 2 is 2.25 bits per heavy atom. The molecule has 1 unspecified atom stereocenters. The number of esters is 1. The topological polar surface area (TPSA) is 86.2 Å². The largest absolute Gasteiger partial charge is 0.465 e. The van der Waals surface area contributed by atoms with Gasteiger partial charge in [0, 0.05) is 6.42 Å². The van der Waals surface area contributed by atoms with Gasteiger partial charge in [0.1, 0.15) is 12.1 Å². The first-order chi connectivity index (χ1) is 11.6. The lowest BCUT2D eigenvalue weighted by molar-refractivity contribution is 0.0598. The molecule has 0 fully saturated rings. The second kappa shape index (κ2) is 6.51. The molecule has 1 aromatic rings. The molecule has 3 rings (SSSR count). The van der Waals surface area contributed by atoms with E-state index in [1.165, 1.54) is 7.11 Å². The summed E-state index contributed by atoms with van der Waals surface area (Å²) in [4.78, 5) is 27.9. The molecule has 1 spiro atoms. The summed E-state index contributed by atoms with van der Waals surface area (Å²) in [6.45, 7) is 2.42.